The summed E-state index contributed by atoms with van der Waals surface area (Å²) in [5.41, 5.74) is 2.75. The van der Waals surface area contributed by atoms with E-state index in [-0.39, 0.29) is 0 Å². The van der Waals surface area contributed by atoms with Gasteiger partial charge in [0.1, 0.15) is 0 Å². The molecule has 16 heavy (non-hydrogen) atoms. The Balaban J connectivity index is 2.19. The van der Waals surface area contributed by atoms with Crippen molar-refractivity contribution in [3.63, 3.8) is 0 Å². The van der Waals surface area contributed by atoms with Crippen molar-refractivity contribution in [2.45, 2.75) is 5.16 Å². The van der Waals surface area contributed by atoms with Crippen LogP contribution >= 0.6 is 11.8 Å². The highest BCUT2D eigenvalue weighted by atomic mass is 32.2. The van der Waals surface area contributed by atoms with E-state index in [0.717, 1.165) is 22.1 Å². The van der Waals surface area contributed by atoms with Gasteiger partial charge in [-0.25, -0.2) is 19.5 Å². The normalized spacial score (nSPS) is 11.1. The minimum Gasteiger partial charge on any atom is -0.299 e. The number of H-pyrrole nitrogens is 1. The van der Waals surface area contributed by atoms with Gasteiger partial charge in [0.25, 0.3) is 0 Å². The molecule has 0 spiro atoms. The summed E-state index contributed by atoms with van der Waals surface area (Å²) in [5, 5.41) is 3.86. The van der Waals surface area contributed by atoms with E-state index in [0.29, 0.717) is 0 Å². The van der Waals surface area contributed by atoms with Gasteiger partial charge in [0, 0.05) is 24.8 Å². The third kappa shape index (κ3) is 1.38. The maximum absolute atomic E-state index is 4.44. The summed E-state index contributed by atoms with van der Waals surface area (Å²) in [4.78, 5) is 12.9. The molecule has 0 saturated heterocycles. The third-order valence-corrected chi connectivity index (χ3v) is 2.88. The Labute approximate surface area is 95.9 Å². The standard InChI is InChI=1S/C10H9N5S/c1-16-10-12-3-2-8(14-10)7-6-13-15-5-4-11-9(7)15/h2-6,13H,1H3. The van der Waals surface area contributed by atoms with Gasteiger partial charge in [-0.2, -0.15) is 0 Å². The average molecular weight is 231 g/mol. The Morgan fingerprint density at radius 3 is 3.12 bits per heavy atom. The lowest BCUT2D eigenvalue weighted by Crippen LogP contribution is -1.88. The number of rotatable bonds is 2. The summed E-state index contributed by atoms with van der Waals surface area (Å²) in [6, 6.07) is 1.89. The molecule has 0 amide bonds. The number of aromatic nitrogens is 5. The molecular weight excluding hydrogens is 222 g/mol. The number of aromatic amines is 1. The number of hydrogen-bond donors (Lipinski definition) is 1. The molecule has 0 saturated carbocycles. The van der Waals surface area contributed by atoms with Crippen molar-refractivity contribution in [1.82, 2.24) is 24.6 Å². The zero-order chi connectivity index (χ0) is 11.0. The minimum atomic E-state index is 0.767. The van der Waals surface area contributed by atoms with Gasteiger partial charge in [-0.15, -0.1) is 0 Å². The molecule has 6 heteroatoms. The van der Waals surface area contributed by atoms with E-state index in [1.807, 2.05) is 29.2 Å². The molecule has 3 aromatic rings. The van der Waals surface area contributed by atoms with Crippen LogP contribution in [-0.2, 0) is 0 Å². The van der Waals surface area contributed by atoms with Crippen molar-refractivity contribution < 1.29 is 0 Å². The maximum atomic E-state index is 4.44. The lowest BCUT2D eigenvalue weighted by Gasteiger charge is -1.98. The van der Waals surface area contributed by atoms with E-state index >= 15 is 0 Å². The highest BCUT2D eigenvalue weighted by molar-refractivity contribution is 7.98. The molecule has 1 N–H and O–H groups in total. The van der Waals surface area contributed by atoms with Crippen LogP contribution in [0.15, 0.2) is 36.0 Å². The molecule has 3 rings (SSSR count). The van der Waals surface area contributed by atoms with Crippen molar-refractivity contribution in [1.29, 1.82) is 0 Å². The van der Waals surface area contributed by atoms with Gasteiger partial charge in [0.2, 0.25) is 0 Å². The van der Waals surface area contributed by atoms with Gasteiger partial charge in [0.05, 0.1) is 11.3 Å². The molecule has 0 aromatic carbocycles. The van der Waals surface area contributed by atoms with Gasteiger partial charge in [-0.3, -0.25) is 5.10 Å². The van der Waals surface area contributed by atoms with Crippen LogP contribution in [0, 0.1) is 0 Å². The first kappa shape index (κ1) is 9.41. The van der Waals surface area contributed by atoms with Crippen molar-refractivity contribution in [2.24, 2.45) is 0 Å². The summed E-state index contributed by atoms with van der Waals surface area (Å²) in [7, 11) is 0. The fraction of sp³-hybridized carbons (Fsp3) is 0.100. The Morgan fingerprint density at radius 2 is 2.25 bits per heavy atom. The second-order valence-corrected chi connectivity index (χ2v) is 4.01. The van der Waals surface area contributed by atoms with Crippen LogP contribution in [0.1, 0.15) is 0 Å². The van der Waals surface area contributed by atoms with Gasteiger partial charge in [-0.05, 0) is 12.3 Å². The first-order valence-electron chi connectivity index (χ1n) is 4.76. The average Bonchev–Trinajstić information content (AvgIpc) is 2.90. The predicted molar refractivity (Wildman–Crippen MR) is 62.3 cm³/mol. The Bertz CT molecular complexity index is 627. The van der Waals surface area contributed by atoms with E-state index in [1.165, 1.54) is 11.8 Å². The fourth-order valence-electron chi connectivity index (χ4n) is 1.58. The van der Waals surface area contributed by atoms with E-state index in [4.69, 9.17) is 0 Å². The molecule has 0 radical (unpaired) electrons. The monoisotopic (exact) mass is 231 g/mol. The number of nitrogens with zero attached hydrogens (tertiary/aromatic N) is 4. The molecule has 0 bridgehead atoms. The Morgan fingerprint density at radius 1 is 1.31 bits per heavy atom. The summed E-state index contributed by atoms with van der Waals surface area (Å²) >= 11 is 1.53. The summed E-state index contributed by atoms with van der Waals surface area (Å²) in [5.74, 6) is 0. The van der Waals surface area contributed by atoms with E-state index in [9.17, 15) is 0 Å². The lowest BCUT2D eigenvalue weighted by molar-refractivity contribution is 0.973. The number of nitrogens with one attached hydrogen (secondary N) is 1. The largest absolute Gasteiger partial charge is 0.299 e. The second kappa shape index (κ2) is 3.64. The molecule has 3 aromatic heterocycles. The fourth-order valence-corrected chi connectivity index (χ4v) is 1.94. The van der Waals surface area contributed by atoms with Crippen LogP contribution in [-0.4, -0.2) is 30.8 Å². The van der Waals surface area contributed by atoms with E-state index in [1.54, 1.807) is 12.4 Å². The van der Waals surface area contributed by atoms with Gasteiger partial charge in [0.15, 0.2) is 10.8 Å². The SMILES string of the molecule is CSc1nccc(-c2c[nH]n3ccnc23)n1. The quantitative estimate of drug-likeness (QED) is 0.540. The summed E-state index contributed by atoms with van der Waals surface area (Å²) < 4.78 is 1.86. The van der Waals surface area contributed by atoms with Gasteiger partial charge < -0.3 is 0 Å². The highest BCUT2D eigenvalue weighted by Crippen LogP contribution is 2.22. The predicted octanol–water partition coefficient (Wildman–Crippen LogP) is 1.84. The summed E-state index contributed by atoms with van der Waals surface area (Å²) in [6.45, 7) is 0. The second-order valence-electron chi connectivity index (χ2n) is 3.24. The van der Waals surface area contributed by atoms with Crippen LogP contribution in [0.25, 0.3) is 16.9 Å². The van der Waals surface area contributed by atoms with E-state index < -0.39 is 0 Å². The van der Waals surface area contributed by atoms with Crippen LogP contribution < -0.4 is 0 Å². The van der Waals surface area contributed by atoms with Gasteiger partial charge in [-0.1, -0.05) is 11.8 Å². The van der Waals surface area contributed by atoms with Crippen LogP contribution in [0.2, 0.25) is 0 Å². The number of hydrogen-bond acceptors (Lipinski definition) is 4. The topological polar surface area (TPSA) is 58.9 Å². The van der Waals surface area contributed by atoms with Gasteiger partial charge >= 0.3 is 0 Å². The molecule has 0 aliphatic carbocycles. The van der Waals surface area contributed by atoms with Crippen molar-refractivity contribution in [3.8, 4) is 11.3 Å². The highest BCUT2D eigenvalue weighted by Gasteiger charge is 2.09. The Kier molecular flexibility index (Phi) is 2.14. The van der Waals surface area contributed by atoms with Crippen LogP contribution in [0.4, 0.5) is 0 Å². The maximum Gasteiger partial charge on any atom is 0.187 e. The molecule has 80 valence electrons. The molecule has 0 aliphatic heterocycles. The van der Waals surface area contributed by atoms with Crippen LogP contribution in [0.3, 0.4) is 0 Å². The zero-order valence-electron chi connectivity index (χ0n) is 8.58. The number of thioether (sulfide) groups is 1. The molecule has 3 heterocycles. The number of imidazole rings is 1. The first-order chi connectivity index (χ1) is 7.88. The number of fused-ring (bicyclic) bond motifs is 1. The molecule has 0 atom stereocenters. The molecule has 0 aliphatic rings. The lowest BCUT2D eigenvalue weighted by atomic mass is 10.2. The molecule has 5 nitrogen and oxygen atoms in total. The van der Waals surface area contributed by atoms with Crippen molar-refractivity contribution >= 4 is 17.4 Å². The third-order valence-electron chi connectivity index (χ3n) is 2.32. The van der Waals surface area contributed by atoms with E-state index in [2.05, 4.69) is 20.1 Å². The van der Waals surface area contributed by atoms with Crippen molar-refractivity contribution in [2.75, 3.05) is 6.26 Å². The molecule has 0 fully saturated rings. The molecular formula is C10H9N5S. The minimum absolute atomic E-state index is 0.767. The zero-order valence-corrected chi connectivity index (χ0v) is 9.40. The summed E-state index contributed by atoms with van der Waals surface area (Å²) in [6.07, 6.45) is 9.25. The Hall–Kier alpha value is -1.82. The smallest absolute Gasteiger partial charge is 0.187 e. The molecule has 0 unspecified atom stereocenters. The van der Waals surface area contributed by atoms with Crippen molar-refractivity contribution in [3.05, 3.63) is 30.9 Å². The van der Waals surface area contributed by atoms with Crippen LogP contribution in [0.5, 0.6) is 0 Å². The first-order valence-corrected chi connectivity index (χ1v) is 5.99.